The lowest BCUT2D eigenvalue weighted by atomic mass is 10.1. The van der Waals surface area contributed by atoms with Crippen molar-refractivity contribution in [1.29, 1.82) is 0 Å². The van der Waals surface area contributed by atoms with E-state index in [9.17, 15) is 13.6 Å². The van der Waals surface area contributed by atoms with E-state index in [4.69, 9.17) is 14.2 Å². The van der Waals surface area contributed by atoms with Crippen LogP contribution in [0.4, 0.5) is 8.78 Å². The van der Waals surface area contributed by atoms with E-state index in [0.29, 0.717) is 30.6 Å². The second kappa shape index (κ2) is 11.2. The fourth-order valence-corrected chi connectivity index (χ4v) is 3.71. The van der Waals surface area contributed by atoms with Gasteiger partial charge in [0.05, 0.1) is 27.9 Å². The summed E-state index contributed by atoms with van der Waals surface area (Å²) in [7, 11) is 6.31. The molecule has 1 amide bonds. The zero-order valence-electron chi connectivity index (χ0n) is 19.3. The van der Waals surface area contributed by atoms with E-state index < -0.39 is 6.61 Å². The standard InChI is InChI=1S/C24H30F2N2O5/c1-27(14-17-6-5-7-20(30-2)23(17)32-4)22(29)15-28(18-9-10-18)13-16-8-11-19(33-24(25)26)21(12-16)31-3/h5-8,11-12,18,24H,9-10,13-15H2,1-4H3. The van der Waals surface area contributed by atoms with Gasteiger partial charge in [-0.1, -0.05) is 18.2 Å². The Balaban J connectivity index is 1.67. The molecule has 9 heteroatoms. The van der Waals surface area contributed by atoms with Crippen molar-refractivity contribution in [2.45, 2.75) is 38.6 Å². The highest BCUT2D eigenvalue weighted by atomic mass is 19.3. The van der Waals surface area contributed by atoms with Crippen LogP contribution in [-0.4, -0.2) is 63.3 Å². The van der Waals surface area contributed by atoms with Gasteiger partial charge in [0, 0.05) is 31.7 Å². The lowest BCUT2D eigenvalue weighted by Gasteiger charge is -2.26. The number of ether oxygens (including phenoxy) is 4. The molecule has 0 radical (unpaired) electrons. The van der Waals surface area contributed by atoms with Gasteiger partial charge in [0.15, 0.2) is 23.0 Å². The van der Waals surface area contributed by atoms with Gasteiger partial charge < -0.3 is 23.8 Å². The number of hydrogen-bond donors (Lipinski definition) is 0. The Morgan fingerprint density at radius 3 is 2.33 bits per heavy atom. The van der Waals surface area contributed by atoms with Crippen LogP contribution in [0.1, 0.15) is 24.0 Å². The molecular formula is C24H30F2N2O5. The van der Waals surface area contributed by atoms with Crippen molar-refractivity contribution in [3.8, 4) is 23.0 Å². The molecule has 0 heterocycles. The Morgan fingerprint density at radius 2 is 1.73 bits per heavy atom. The van der Waals surface area contributed by atoms with E-state index >= 15 is 0 Å². The normalized spacial score (nSPS) is 13.2. The molecule has 1 aliphatic carbocycles. The highest BCUT2D eigenvalue weighted by Gasteiger charge is 2.31. The highest BCUT2D eigenvalue weighted by molar-refractivity contribution is 5.78. The summed E-state index contributed by atoms with van der Waals surface area (Å²) in [6, 6.07) is 10.7. The van der Waals surface area contributed by atoms with Crippen molar-refractivity contribution in [3.05, 3.63) is 47.5 Å². The Labute approximate surface area is 192 Å². The van der Waals surface area contributed by atoms with Crippen LogP contribution in [0.15, 0.2) is 36.4 Å². The average molecular weight is 465 g/mol. The first kappa shape index (κ1) is 24.6. The molecule has 1 fully saturated rings. The number of halogens is 2. The van der Waals surface area contributed by atoms with Crippen LogP contribution >= 0.6 is 0 Å². The first-order valence-corrected chi connectivity index (χ1v) is 10.7. The van der Waals surface area contributed by atoms with Gasteiger partial charge in [-0.3, -0.25) is 9.69 Å². The largest absolute Gasteiger partial charge is 0.493 e. The van der Waals surface area contributed by atoms with E-state index in [-0.39, 0.29) is 24.0 Å². The molecule has 7 nitrogen and oxygen atoms in total. The third kappa shape index (κ3) is 6.47. The van der Waals surface area contributed by atoms with Crippen LogP contribution in [-0.2, 0) is 17.9 Å². The number of carbonyl (C=O) groups is 1. The topological polar surface area (TPSA) is 60.5 Å². The second-order valence-corrected chi connectivity index (χ2v) is 7.90. The van der Waals surface area contributed by atoms with Crippen LogP contribution in [0.2, 0.25) is 0 Å². The van der Waals surface area contributed by atoms with Gasteiger partial charge in [0.1, 0.15) is 0 Å². The Bertz CT molecular complexity index is 952. The summed E-state index contributed by atoms with van der Waals surface area (Å²) in [6.45, 7) is -1.81. The summed E-state index contributed by atoms with van der Waals surface area (Å²) in [5.41, 5.74) is 1.70. The number of alkyl halides is 2. The van der Waals surface area contributed by atoms with Crippen LogP contribution in [0.5, 0.6) is 23.0 Å². The molecule has 2 aromatic rings. The minimum atomic E-state index is -2.93. The van der Waals surface area contributed by atoms with Gasteiger partial charge >= 0.3 is 6.61 Å². The zero-order chi connectivity index (χ0) is 24.0. The van der Waals surface area contributed by atoms with Gasteiger partial charge in [-0.05, 0) is 36.6 Å². The number of nitrogens with zero attached hydrogens (tertiary/aromatic N) is 2. The lowest BCUT2D eigenvalue weighted by molar-refractivity contribution is -0.132. The molecule has 33 heavy (non-hydrogen) atoms. The number of likely N-dealkylation sites (N-methyl/N-ethyl adjacent to an activating group) is 1. The maximum Gasteiger partial charge on any atom is 0.387 e. The molecule has 0 bridgehead atoms. The number of methoxy groups -OCH3 is 3. The molecule has 2 aromatic carbocycles. The van der Waals surface area contributed by atoms with E-state index in [1.54, 1.807) is 38.3 Å². The molecule has 1 saturated carbocycles. The zero-order valence-corrected chi connectivity index (χ0v) is 19.3. The van der Waals surface area contributed by atoms with E-state index in [2.05, 4.69) is 9.64 Å². The molecule has 0 saturated heterocycles. The first-order chi connectivity index (χ1) is 15.9. The van der Waals surface area contributed by atoms with Crippen molar-refractivity contribution in [2.75, 3.05) is 34.9 Å². The second-order valence-electron chi connectivity index (χ2n) is 7.90. The molecule has 0 spiro atoms. The van der Waals surface area contributed by atoms with Gasteiger partial charge in [-0.25, -0.2) is 0 Å². The third-order valence-electron chi connectivity index (χ3n) is 5.55. The minimum absolute atomic E-state index is 0.0164. The predicted octanol–water partition coefficient (Wildman–Crippen LogP) is 3.94. The predicted molar refractivity (Wildman–Crippen MR) is 119 cm³/mol. The van der Waals surface area contributed by atoms with Gasteiger partial charge in [0.25, 0.3) is 0 Å². The van der Waals surface area contributed by atoms with Gasteiger partial charge in [-0.15, -0.1) is 0 Å². The SMILES string of the molecule is COc1cc(CN(CC(=O)N(C)Cc2cccc(OC)c2OC)C2CC2)ccc1OC(F)F. The van der Waals surface area contributed by atoms with Crippen molar-refractivity contribution in [2.24, 2.45) is 0 Å². The summed E-state index contributed by atoms with van der Waals surface area (Å²) >= 11 is 0. The number of rotatable bonds is 12. The summed E-state index contributed by atoms with van der Waals surface area (Å²) in [6.07, 6.45) is 2.04. The summed E-state index contributed by atoms with van der Waals surface area (Å²) < 4.78 is 45.7. The number of benzene rings is 2. The molecule has 3 rings (SSSR count). The van der Waals surface area contributed by atoms with Crippen LogP contribution in [0, 0.1) is 0 Å². The Morgan fingerprint density at radius 1 is 1.00 bits per heavy atom. The summed E-state index contributed by atoms with van der Waals surface area (Å²) in [5.74, 6) is 1.41. The maximum atomic E-state index is 13.0. The third-order valence-corrected chi connectivity index (χ3v) is 5.55. The van der Waals surface area contributed by atoms with Crippen LogP contribution in [0.3, 0.4) is 0 Å². The van der Waals surface area contributed by atoms with Crippen molar-refractivity contribution < 1.29 is 32.5 Å². The Hall–Kier alpha value is -3.07. The fourth-order valence-electron chi connectivity index (χ4n) is 3.71. The Kier molecular flexibility index (Phi) is 8.32. The van der Waals surface area contributed by atoms with E-state index in [0.717, 1.165) is 24.0 Å². The van der Waals surface area contributed by atoms with E-state index in [1.807, 2.05) is 18.2 Å². The number of para-hydroxylation sites is 1. The van der Waals surface area contributed by atoms with Crippen molar-refractivity contribution >= 4 is 5.91 Å². The van der Waals surface area contributed by atoms with Crippen molar-refractivity contribution in [1.82, 2.24) is 9.80 Å². The molecule has 180 valence electrons. The highest BCUT2D eigenvalue weighted by Crippen LogP contribution is 2.33. The number of carbonyl (C=O) groups excluding carboxylic acids is 1. The maximum absolute atomic E-state index is 13.0. The smallest absolute Gasteiger partial charge is 0.387 e. The molecule has 1 aliphatic rings. The monoisotopic (exact) mass is 464 g/mol. The lowest BCUT2D eigenvalue weighted by Crippen LogP contribution is -2.39. The first-order valence-electron chi connectivity index (χ1n) is 10.7. The summed E-state index contributed by atoms with van der Waals surface area (Å²) in [4.78, 5) is 16.8. The molecule has 0 N–H and O–H groups in total. The molecule has 0 aliphatic heterocycles. The quantitative estimate of drug-likeness (QED) is 0.474. The van der Waals surface area contributed by atoms with E-state index in [1.165, 1.54) is 13.2 Å². The number of hydrogen-bond acceptors (Lipinski definition) is 6. The molecule has 0 unspecified atom stereocenters. The van der Waals surface area contributed by atoms with Gasteiger partial charge in [-0.2, -0.15) is 8.78 Å². The number of amides is 1. The minimum Gasteiger partial charge on any atom is -0.493 e. The van der Waals surface area contributed by atoms with Gasteiger partial charge in [0.2, 0.25) is 5.91 Å². The molecule has 0 aromatic heterocycles. The van der Waals surface area contributed by atoms with Crippen molar-refractivity contribution in [3.63, 3.8) is 0 Å². The molecule has 0 atom stereocenters. The summed E-state index contributed by atoms with van der Waals surface area (Å²) in [5, 5.41) is 0. The average Bonchev–Trinajstić information content (AvgIpc) is 3.64. The van der Waals surface area contributed by atoms with Crippen LogP contribution < -0.4 is 18.9 Å². The molecular weight excluding hydrogens is 434 g/mol. The van der Waals surface area contributed by atoms with Crippen LogP contribution in [0.25, 0.3) is 0 Å². The fraction of sp³-hybridized carbons (Fsp3) is 0.458.